The van der Waals surface area contributed by atoms with Gasteiger partial charge in [0.15, 0.2) is 0 Å². The molecule has 0 saturated heterocycles. The topological polar surface area (TPSA) is 111 Å². The molecule has 0 saturated carbocycles. The van der Waals surface area contributed by atoms with E-state index >= 15 is 0 Å². The van der Waals surface area contributed by atoms with Crippen LogP contribution in [0, 0.1) is 25.7 Å². The summed E-state index contributed by atoms with van der Waals surface area (Å²) in [5.41, 5.74) is 2.83. The molecule has 0 aliphatic rings. The van der Waals surface area contributed by atoms with Crippen molar-refractivity contribution in [1.82, 2.24) is 4.72 Å². The van der Waals surface area contributed by atoms with Crippen molar-refractivity contribution in [2.45, 2.75) is 163 Å². The number of esters is 2. The SMILES string of the molecule is CC(C)CCCC[C@@H](N[S@@](=O)C(C)(C)C)c1ccc(C(=O)OC(C)C)cc1.[Br-].[CH2+]C(C)OC(=O)c1ccc(C=N[S@@](=O)C(C)(C)C)cc1.[CH2-]CCCC(C)C.[Mg+2]. The van der Waals surface area contributed by atoms with Gasteiger partial charge >= 0.3 is 35.0 Å². The molecule has 2 aromatic rings. The minimum atomic E-state index is -1.29. The maximum atomic E-state index is 12.6. The smallest absolute Gasteiger partial charge is 1.00 e. The van der Waals surface area contributed by atoms with Crippen LogP contribution in [0.2, 0.25) is 0 Å². The van der Waals surface area contributed by atoms with Crippen molar-refractivity contribution in [3.8, 4) is 0 Å². The fourth-order valence-electron chi connectivity index (χ4n) is 4.41. The molecule has 0 aliphatic carbocycles. The van der Waals surface area contributed by atoms with Crippen molar-refractivity contribution in [3.63, 3.8) is 0 Å². The van der Waals surface area contributed by atoms with E-state index in [1.807, 2.05) is 67.5 Å². The van der Waals surface area contributed by atoms with Crippen LogP contribution in [-0.4, -0.2) is 71.3 Å². The predicted molar refractivity (Wildman–Crippen MR) is 236 cm³/mol. The van der Waals surface area contributed by atoms with E-state index in [1.54, 1.807) is 49.5 Å². The minimum absolute atomic E-state index is 0. The van der Waals surface area contributed by atoms with Crippen molar-refractivity contribution in [3.05, 3.63) is 84.6 Å². The number of unbranched alkanes of at least 4 members (excludes halogenated alkanes) is 2. The Hall–Kier alpha value is -1.57. The molecule has 0 amide bonds. The molecular formula is C44H72BrMgN2O6S2+. The molecule has 4 atom stereocenters. The van der Waals surface area contributed by atoms with Gasteiger partial charge < -0.3 is 33.4 Å². The molecule has 0 bridgehead atoms. The van der Waals surface area contributed by atoms with E-state index in [1.165, 1.54) is 19.3 Å². The summed E-state index contributed by atoms with van der Waals surface area (Å²) >= 11 is 0. The first-order valence-corrected chi connectivity index (χ1v) is 21.6. The zero-order valence-corrected chi connectivity index (χ0v) is 41.4. The summed E-state index contributed by atoms with van der Waals surface area (Å²) < 4.78 is 41.2. The van der Waals surface area contributed by atoms with Gasteiger partial charge in [-0.15, -0.1) is 0 Å². The van der Waals surface area contributed by atoms with Crippen LogP contribution in [0.5, 0.6) is 0 Å². The number of nitrogens with one attached hydrogen (secondary N) is 1. The average Bonchev–Trinajstić information content (AvgIpc) is 3.06. The summed E-state index contributed by atoms with van der Waals surface area (Å²) in [7, 11) is -2.44. The molecule has 2 aromatic carbocycles. The van der Waals surface area contributed by atoms with Gasteiger partial charge in [-0.3, -0.25) is 0 Å². The van der Waals surface area contributed by atoms with Crippen LogP contribution < -0.4 is 21.7 Å². The number of hydrogen-bond acceptors (Lipinski definition) is 6. The maximum absolute atomic E-state index is 12.6. The molecule has 1 N–H and O–H groups in total. The minimum Gasteiger partial charge on any atom is -1.00 e. The molecule has 56 heavy (non-hydrogen) atoms. The summed E-state index contributed by atoms with van der Waals surface area (Å²) in [4.78, 5) is 23.7. The summed E-state index contributed by atoms with van der Waals surface area (Å²) in [5.74, 6) is 0.846. The number of carbonyl (C=O) groups is 2. The van der Waals surface area contributed by atoms with Gasteiger partial charge in [0, 0.05) is 19.2 Å². The molecule has 0 heterocycles. The van der Waals surface area contributed by atoms with Gasteiger partial charge in [0.2, 0.25) is 6.10 Å². The number of hydrogen-bond donors (Lipinski definition) is 1. The number of halogens is 1. The van der Waals surface area contributed by atoms with Crippen LogP contribution in [0.3, 0.4) is 0 Å². The fraction of sp³-hybridized carbons (Fsp3) is 0.614. The molecule has 0 aliphatic heterocycles. The van der Waals surface area contributed by atoms with E-state index < -0.39 is 34.0 Å². The van der Waals surface area contributed by atoms with Crippen LogP contribution in [0.25, 0.3) is 0 Å². The van der Waals surface area contributed by atoms with Gasteiger partial charge in [0.25, 0.3) is 0 Å². The summed E-state index contributed by atoms with van der Waals surface area (Å²) in [5, 5.41) is 0. The van der Waals surface area contributed by atoms with Crippen molar-refractivity contribution in [2.75, 3.05) is 0 Å². The standard InChI is InChI=1S/C22H37NO3S.C15H20NO3S.C7H15.BrH.Mg/c1-16(2)10-8-9-11-20(23-27(25)22(5,6)7)18-12-14-19(15-13-18)21(24)26-17(3)4;1-11(2)19-14(17)13-8-6-12(7-9-13)10-16-20(18)15(3,4)5;1-4-5-6-7(2)3;;/h12-17,20,23H,8-11H2,1-7H3;6-11H,1H2,2-5H3;7H,1,4-6H2,2-3H3;1H;/q;+1;-1;;+2/p-1/t20-,27+;11?,20-;;;/m10.../s1. The van der Waals surface area contributed by atoms with Crippen molar-refractivity contribution < 1.29 is 44.5 Å². The summed E-state index contributed by atoms with van der Waals surface area (Å²) in [6.07, 6.45) is 9.10. The van der Waals surface area contributed by atoms with E-state index in [2.05, 4.69) is 50.7 Å². The third kappa shape index (κ3) is 28.0. The first kappa shape index (κ1) is 58.7. The average molecular weight is 893 g/mol. The van der Waals surface area contributed by atoms with Gasteiger partial charge in [-0.1, -0.05) is 84.1 Å². The largest absolute Gasteiger partial charge is 2.00 e. The first-order chi connectivity index (χ1) is 25.0. The van der Waals surface area contributed by atoms with Crippen LogP contribution in [-0.2, 0) is 31.4 Å². The summed E-state index contributed by atoms with van der Waals surface area (Å²) in [6.45, 7) is 33.2. The van der Waals surface area contributed by atoms with E-state index in [4.69, 9.17) is 9.47 Å². The number of carbonyl (C=O) groups excluding carboxylic acids is 2. The van der Waals surface area contributed by atoms with E-state index in [9.17, 15) is 18.0 Å². The van der Waals surface area contributed by atoms with E-state index in [0.717, 1.165) is 42.7 Å². The predicted octanol–water partition coefficient (Wildman–Crippen LogP) is 7.78. The first-order valence-electron chi connectivity index (χ1n) is 19.4. The zero-order valence-electron chi connectivity index (χ0n) is 36.7. The number of benzene rings is 2. The van der Waals surface area contributed by atoms with Crippen molar-refractivity contribution in [1.29, 1.82) is 0 Å². The van der Waals surface area contributed by atoms with Crippen LogP contribution >= 0.6 is 0 Å². The quantitative estimate of drug-likeness (QED) is 0.0572. The third-order valence-electron chi connectivity index (χ3n) is 7.53. The molecular weight excluding hydrogens is 821 g/mol. The van der Waals surface area contributed by atoms with Crippen molar-refractivity contribution >= 4 is 63.2 Å². The number of ether oxygens (including phenoxy) is 2. The number of nitrogens with zero attached hydrogens (tertiary/aromatic N) is 1. The summed E-state index contributed by atoms with van der Waals surface area (Å²) in [6, 6.07) is 14.2. The van der Waals surface area contributed by atoms with Crippen molar-refractivity contribution in [2.24, 2.45) is 16.2 Å². The van der Waals surface area contributed by atoms with Gasteiger partial charge in [-0.05, 0) is 109 Å². The van der Waals surface area contributed by atoms with Crippen LogP contribution in [0.4, 0.5) is 0 Å². The second kappa shape index (κ2) is 30.5. The Morgan fingerprint density at radius 1 is 0.750 bits per heavy atom. The Labute approximate surface area is 373 Å². The molecule has 8 nitrogen and oxygen atoms in total. The van der Waals surface area contributed by atoms with E-state index in [0.29, 0.717) is 17.0 Å². The Kier molecular flexibility index (Phi) is 32.0. The van der Waals surface area contributed by atoms with Gasteiger partial charge in [0.1, 0.15) is 17.9 Å². The third-order valence-corrected chi connectivity index (χ3v) is 10.5. The molecule has 0 spiro atoms. The van der Waals surface area contributed by atoms with Gasteiger partial charge in [0.05, 0.1) is 37.7 Å². The molecule has 2 rings (SSSR count). The monoisotopic (exact) mass is 891 g/mol. The second-order valence-electron chi connectivity index (χ2n) is 16.6. The van der Waals surface area contributed by atoms with E-state index in [-0.39, 0.29) is 67.6 Å². The molecule has 0 aromatic heterocycles. The second-order valence-corrected chi connectivity index (χ2v) is 20.6. The molecule has 0 radical (unpaired) electrons. The molecule has 0 fully saturated rings. The fourth-order valence-corrected chi connectivity index (χ4v) is 5.81. The van der Waals surface area contributed by atoms with Crippen LogP contribution in [0.15, 0.2) is 52.9 Å². The Balaban J connectivity index is -0.000000853. The molecule has 12 heteroatoms. The van der Waals surface area contributed by atoms with Gasteiger partial charge in [-0.25, -0.2) is 22.7 Å². The molecule has 314 valence electrons. The Morgan fingerprint density at radius 2 is 1.20 bits per heavy atom. The molecule has 1 unspecified atom stereocenters. The number of rotatable bonds is 17. The Morgan fingerprint density at radius 3 is 1.59 bits per heavy atom. The normalized spacial score (nSPS) is 13.6. The van der Waals surface area contributed by atoms with Gasteiger partial charge in [-0.2, -0.15) is 10.8 Å². The Bertz CT molecular complexity index is 1440. The zero-order chi connectivity index (χ0) is 41.6. The van der Waals surface area contributed by atoms with Crippen LogP contribution in [0.1, 0.15) is 173 Å². The maximum Gasteiger partial charge on any atom is 2.00 e.